The van der Waals surface area contributed by atoms with Gasteiger partial charge in [-0.25, -0.2) is 28.5 Å². The number of anilines is 1. The molecule has 8 nitrogen and oxygen atoms in total. The Morgan fingerprint density at radius 1 is 1.13 bits per heavy atom. The Morgan fingerprint density at radius 2 is 1.87 bits per heavy atom. The van der Waals surface area contributed by atoms with Gasteiger partial charge in [0.15, 0.2) is 5.82 Å². The van der Waals surface area contributed by atoms with E-state index in [0.29, 0.717) is 48.8 Å². The van der Waals surface area contributed by atoms with Crippen LogP contribution in [0.15, 0.2) is 29.4 Å². The summed E-state index contributed by atoms with van der Waals surface area (Å²) in [6.45, 7) is 4.98. The Balaban J connectivity index is 1.97. The lowest BCUT2D eigenvalue weighted by Gasteiger charge is -2.27. The fraction of sp³-hybridized carbons (Fsp3) is 0.350. The van der Waals surface area contributed by atoms with Gasteiger partial charge < -0.3 is 10.5 Å². The van der Waals surface area contributed by atoms with Gasteiger partial charge in [-0.2, -0.15) is 0 Å². The topological polar surface area (TPSA) is 134 Å². The van der Waals surface area contributed by atoms with Crippen LogP contribution in [-0.2, 0) is 14.8 Å². The predicted molar refractivity (Wildman–Crippen MR) is 117 cm³/mol. The molecule has 4 N–H and O–H groups in total. The summed E-state index contributed by atoms with van der Waals surface area (Å²) in [5, 5.41) is 6.48. The largest absolute Gasteiger partial charge is 0.382 e. The van der Waals surface area contributed by atoms with E-state index in [1.165, 1.54) is 11.3 Å². The number of thiazole rings is 1. The molecular formula is C20H23N5O3S2. The molecule has 3 heterocycles. The molecule has 0 amide bonds. The highest BCUT2D eigenvalue weighted by Crippen LogP contribution is 2.41. The summed E-state index contributed by atoms with van der Waals surface area (Å²) >= 11 is 1.48. The van der Waals surface area contributed by atoms with Gasteiger partial charge in [0, 0.05) is 25.0 Å². The normalized spacial score (nSPS) is 15.4. The van der Waals surface area contributed by atoms with Crippen molar-refractivity contribution in [3.63, 3.8) is 0 Å². The van der Waals surface area contributed by atoms with Gasteiger partial charge in [-0.1, -0.05) is 6.07 Å². The second-order valence-electron chi connectivity index (χ2n) is 7.33. The summed E-state index contributed by atoms with van der Waals surface area (Å²) < 4.78 is 30.3. The van der Waals surface area contributed by atoms with Crippen LogP contribution in [0.3, 0.4) is 0 Å². The van der Waals surface area contributed by atoms with Crippen LogP contribution in [0.5, 0.6) is 0 Å². The van der Waals surface area contributed by atoms with Crippen molar-refractivity contribution in [2.45, 2.75) is 37.5 Å². The number of rotatable bonds is 4. The van der Waals surface area contributed by atoms with Crippen LogP contribution in [-0.4, -0.2) is 36.6 Å². The third-order valence-corrected chi connectivity index (χ3v) is 7.15. The second kappa shape index (κ2) is 8.03. The summed E-state index contributed by atoms with van der Waals surface area (Å²) in [4.78, 5) is 14.3. The standard InChI is InChI=1S/C20H23N5O3S2/c1-11-3-4-16(30(22,26)27)18(13-5-7-28-8-6-13)17(11)14-9-24-20(21)19(25-14)15-10-23-12(2)29-15/h3-4,9-10,13H,5-8H2,1-2H3,(H2,21,24)(H2,22,26,27). The fourth-order valence-electron chi connectivity index (χ4n) is 3.86. The zero-order valence-electron chi connectivity index (χ0n) is 16.8. The highest BCUT2D eigenvalue weighted by Gasteiger charge is 2.28. The molecule has 0 aliphatic carbocycles. The van der Waals surface area contributed by atoms with Gasteiger partial charge in [0.2, 0.25) is 10.0 Å². The molecule has 0 saturated carbocycles. The van der Waals surface area contributed by atoms with E-state index in [1.54, 1.807) is 24.5 Å². The number of nitrogen functional groups attached to an aromatic ring is 1. The molecule has 0 bridgehead atoms. The minimum Gasteiger partial charge on any atom is -0.382 e. The number of ether oxygens (including phenoxy) is 1. The molecule has 1 aliphatic rings. The smallest absolute Gasteiger partial charge is 0.238 e. The highest BCUT2D eigenvalue weighted by molar-refractivity contribution is 7.89. The number of aryl methyl sites for hydroxylation is 2. The maximum Gasteiger partial charge on any atom is 0.238 e. The molecule has 1 aliphatic heterocycles. The first kappa shape index (κ1) is 20.9. The molecule has 0 spiro atoms. The average molecular weight is 446 g/mol. The molecule has 10 heteroatoms. The summed E-state index contributed by atoms with van der Waals surface area (Å²) in [6.07, 6.45) is 4.73. The predicted octanol–water partition coefficient (Wildman–Crippen LogP) is 3.01. The summed E-state index contributed by atoms with van der Waals surface area (Å²) in [7, 11) is -3.92. The van der Waals surface area contributed by atoms with E-state index >= 15 is 0 Å². The number of hydrogen-bond acceptors (Lipinski definition) is 8. The van der Waals surface area contributed by atoms with Crippen molar-refractivity contribution >= 4 is 27.2 Å². The molecule has 0 radical (unpaired) electrons. The van der Waals surface area contributed by atoms with Crippen LogP contribution in [0, 0.1) is 13.8 Å². The average Bonchev–Trinajstić information content (AvgIpc) is 3.14. The van der Waals surface area contributed by atoms with Crippen molar-refractivity contribution in [3.05, 3.63) is 40.7 Å². The monoisotopic (exact) mass is 445 g/mol. The van der Waals surface area contributed by atoms with Crippen LogP contribution in [0.4, 0.5) is 5.82 Å². The van der Waals surface area contributed by atoms with Crippen molar-refractivity contribution in [1.29, 1.82) is 0 Å². The van der Waals surface area contributed by atoms with Crippen molar-refractivity contribution in [2.24, 2.45) is 5.14 Å². The van der Waals surface area contributed by atoms with E-state index < -0.39 is 10.0 Å². The number of hydrogen-bond donors (Lipinski definition) is 2. The van der Waals surface area contributed by atoms with Gasteiger partial charge in [-0.15, -0.1) is 11.3 Å². The first-order chi connectivity index (χ1) is 14.3. The summed E-state index contributed by atoms with van der Waals surface area (Å²) in [5.41, 5.74) is 9.53. The Labute approximate surface area is 179 Å². The van der Waals surface area contributed by atoms with Crippen LogP contribution in [0.25, 0.3) is 21.8 Å². The van der Waals surface area contributed by atoms with Gasteiger partial charge in [0.1, 0.15) is 5.69 Å². The molecule has 0 atom stereocenters. The third kappa shape index (κ3) is 3.95. The quantitative estimate of drug-likeness (QED) is 0.630. The number of benzene rings is 1. The van der Waals surface area contributed by atoms with E-state index in [9.17, 15) is 8.42 Å². The number of primary sulfonamides is 1. The van der Waals surface area contributed by atoms with Crippen molar-refractivity contribution < 1.29 is 13.2 Å². The van der Waals surface area contributed by atoms with Crippen LogP contribution in [0.1, 0.15) is 34.9 Å². The first-order valence-corrected chi connectivity index (χ1v) is 11.9. The molecule has 1 fully saturated rings. The molecule has 2 aromatic heterocycles. The zero-order valence-corrected chi connectivity index (χ0v) is 18.4. The van der Waals surface area contributed by atoms with Crippen LogP contribution < -0.4 is 10.9 Å². The lowest BCUT2D eigenvalue weighted by Crippen LogP contribution is -2.21. The van der Waals surface area contributed by atoms with Gasteiger partial charge >= 0.3 is 0 Å². The highest BCUT2D eigenvalue weighted by atomic mass is 32.2. The van der Waals surface area contributed by atoms with Gasteiger partial charge in [0.25, 0.3) is 0 Å². The molecule has 4 rings (SSSR count). The zero-order chi connectivity index (χ0) is 21.5. The maximum atomic E-state index is 12.4. The fourth-order valence-corrected chi connectivity index (χ4v) is 5.47. The first-order valence-electron chi connectivity index (χ1n) is 9.55. The Morgan fingerprint density at radius 3 is 2.50 bits per heavy atom. The second-order valence-corrected chi connectivity index (χ2v) is 10.1. The van der Waals surface area contributed by atoms with Crippen molar-refractivity contribution in [2.75, 3.05) is 18.9 Å². The number of aromatic nitrogens is 3. The van der Waals surface area contributed by atoms with E-state index in [2.05, 4.69) is 9.97 Å². The maximum absolute atomic E-state index is 12.4. The van der Waals surface area contributed by atoms with Crippen molar-refractivity contribution in [1.82, 2.24) is 15.0 Å². The van der Waals surface area contributed by atoms with E-state index in [-0.39, 0.29) is 10.8 Å². The molecule has 3 aromatic rings. The van der Waals surface area contributed by atoms with Gasteiger partial charge in [-0.3, -0.25) is 0 Å². The molecular weight excluding hydrogens is 422 g/mol. The number of nitrogens with two attached hydrogens (primary N) is 2. The Hall–Kier alpha value is -2.40. The van der Waals surface area contributed by atoms with Gasteiger partial charge in [0.05, 0.1) is 26.7 Å². The molecule has 0 unspecified atom stereocenters. The third-order valence-electron chi connectivity index (χ3n) is 5.26. The number of sulfonamides is 1. The van der Waals surface area contributed by atoms with E-state index in [4.69, 9.17) is 20.6 Å². The van der Waals surface area contributed by atoms with E-state index in [0.717, 1.165) is 21.0 Å². The lowest BCUT2D eigenvalue weighted by molar-refractivity contribution is 0.0849. The van der Waals surface area contributed by atoms with Crippen LogP contribution >= 0.6 is 11.3 Å². The SMILES string of the molecule is Cc1ncc(-c2nc(-c3c(C)ccc(S(N)(=O)=O)c3C3CCOCC3)cnc2N)s1. The minimum absolute atomic E-state index is 0.00423. The molecule has 1 saturated heterocycles. The van der Waals surface area contributed by atoms with E-state index in [1.807, 2.05) is 13.8 Å². The number of nitrogens with zero attached hydrogens (tertiary/aromatic N) is 3. The molecule has 158 valence electrons. The van der Waals surface area contributed by atoms with Gasteiger partial charge in [-0.05, 0) is 49.8 Å². The molecule has 30 heavy (non-hydrogen) atoms. The molecule has 1 aromatic carbocycles. The summed E-state index contributed by atoms with van der Waals surface area (Å²) in [6, 6.07) is 3.34. The minimum atomic E-state index is -3.92. The lowest BCUT2D eigenvalue weighted by atomic mass is 9.85. The Bertz CT molecular complexity index is 1200. The van der Waals surface area contributed by atoms with Crippen molar-refractivity contribution in [3.8, 4) is 21.8 Å². The van der Waals surface area contributed by atoms with Crippen LogP contribution in [0.2, 0.25) is 0 Å². The Kier molecular flexibility index (Phi) is 5.58. The summed E-state index contributed by atoms with van der Waals surface area (Å²) in [5.74, 6) is 0.297.